The fraction of sp³-hybridized carbons (Fsp3) is 0.364. The number of carbonyl (C=O) groups is 2. The average molecular weight is 424 g/mol. The van der Waals surface area contributed by atoms with Crippen LogP contribution in [0.3, 0.4) is 0 Å². The molecule has 0 radical (unpaired) electrons. The molecule has 3 aromatic rings. The molecule has 1 aromatic carbocycles. The van der Waals surface area contributed by atoms with Crippen LogP contribution in [0, 0.1) is 0 Å². The maximum absolute atomic E-state index is 13.0. The van der Waals surface area contributed by atoms with Gasteiger partial charge in [0.2, 0.25) is 5.91 Å². The molecule has 1 aliphatic heterocycles. The molecule has 0 fully saturated rings. The number of amides is 2. The molecule has 1 atom stereocenters. The standard InChI is InChI=1S/C22H25N5O2S/c28-21(23-15-20-26-25-19-11-5-2-6-12-27(19)20)17(14-16-8-3-1-4-9-16)24-22(29)18-10-7-13-30-18/h1,3-4,7-10,13,17H,2,5-6,11-12,14-15H2,(H,23,28)(H,24,29). The quantitative estimate of drug-likeness (QED) is 0.612. The van der Waals surface area contributed by atoms with Crippen LogP contribution in [0.2, 0.25) is 0 Å². The minimum atomic E-state index is -0.673. The predicted octanol–water partition coefficient (Wildman–Crippen LogP) is 2.72. The van der Waals surface area contributed by atoms with Crippen LogP contribution in [0.5, 0.6) is 0 Å². The molecular formula is C22H25N5O2S. The largest absolute Gasteiger partial charge is 0.347 e. The molecule has 8 heteroatoms. The number of aromatic nitrogens is 3. The van der Waals surface area contributed by atoms with Crippen LogP contribution in [0.25, 0.3) is 0 Å². The van der Waals surface area contributed by atoms with Crippen molar-refractivity contribution in [3.63, 3.8) is 0 Å². The first-order valence-corrected chi connectivity index (χ1v) is 11.2. The highest BCUT2D eigenvalue weighted by Gasteiger charge is 2.23. The van der Waals surface area contributed by atoms with Crippen molar-refractivity contribution in [2.45, 2.75) is 51.2 Å². The van der Waals surface area contributed by atoms with Crippen LogP contribution >= 0.6 is 11.3 Å². The maximum atomic E-state index is 13.0. The first-order valence-electron chi connectivity index (χ1n) is 10.3. The Morgan fingerprint density at radius 3 is 2.73 bits per heavy atom. The molecule has 3 heterocycles. The second-order valence-electron chi connectivity index (χ2n) is 7.41. The van der Waals surface area contributed by atoms with Gasteiger partial charge >= 0.3 is 0 Å². The Balaban J connectivity index is 1.45. The van der Waals surface area contributed by atoms with Crippen LogP contribution in [0.1, 0.15) is 46.1 Å². The molecule has 0 saturated carbocycles. The number of nitrogens with zero attached hydrogens (tertiary/aromatic N) is 3. The first-order chi connectivity index (χ1) is 14.7. The van der Waals surface area contributed by atoms with E-state index in [9.17, 15) is 9.59 Å². The summed E-state index contributed by atoms with van der Waals surface area (Å²) < 4.78 is 2.11. The van der Waals surface area contributed by atoms with Gasteiger partial charge in [-0.1, -0.05) is 42.8 Å². The SMILES string of the molecule is O=C(NC(Cc1ccccc1)C(=O)NCc1nnc2n1CCCCC2)c1cccs1. The van der Waals surface area contributed by atoms with E-state index >= 15 is 0 Å². The molecule has 7 nitrogen and oxygen atoms in total. The molecule has 156 valence electrons. The van der Waals surface area contributed by atoms with Gasteiger partial charge in [-0.3, -0.25) is 9.59 Å². The van der Waals surface area contributed by atoms with Crippen LogP contribution in [-0.2, 0) is 30.7 Å². The number of fused-ring (bicyclic) bond motifs is 1. The van der Waals surface area contributed by atoms with E-state index < -0.39 is 6.04 Å². The first kappa shape index (κ1) is 20.3. The normalized spacial score (nSPS) is 14.4. The van der Waals surface area contributed by atoms with Crippen molar-refractivity contribution >= 4 is 23.2 Å². The smallest absolute Gasteiger partial charge is 0.262 e. The lowest BCUT2D eigenvalue weighted by Gasteiger charge is -2.18. The maximum Gasteiger partial charge on any atom is 0.262 e. The summed E-state index contributed by atoms with van der Waals surface area (Å²) in [6, 6.07) is 12.6. The fourth-order valence-electron chi connectivity index (χ4n) is 3.66. The van der Waals surface area contributed by atoms with Crippen molar-refractivity contribution in [3.8, 4) is 0 Å². The molecule has 0 spiro atoms. The van der Waals surface area contributed by atoms with Gasteiger partial charge in [0.1, 0.15) is 11.9 Å². The van der Waals surface area contributed by atoms with Gasteiger partial charge in [-0.25, -0.2) is 0 Å². The molecule has 2 aromatic heterocycles. The summed E-state index contributed by atoms with van der Waals surface area (Å²) in [5, 5.41) is 16.2. The number of thiophene rings is 1. The van der Waals surface area contributed by atoms with Crippen LogP contribution in [0.15, 0.2) is 47.8 Å². The molecule has 2 N–H and O–H groups in total. The van der Waals surface area contributed by atoms with Crippen molar-refractivity contribution in [2.24, 2.45) is 0 Å². The van der Waals surface area contributed by atoms with E-state index in [1.165, 1.54) is 17.8 Å². The third-order valence-electron chi connectivity index (χ3n) is 5.26. The summed E-state index contributed by atoms with van der Waals surface area (Å²) in [5.41, 5.74) is 0.987. The highest BCUT2D eigenvalue weighted by atomic mass is 32.1. The van der Waals surface area contributed by atoms with E-state index in [0.717, 1.165) is 43.0 Å². The van der Waals surface area contributed by atoms with Gasteiger partial charge in [-0.15, -0.1) is 21.5 Å². The number of hydrogen-bond donors (Lipinski definition) is 2. The van der Waals surface area contributed by atoms with E-state index in [1.54, 1.807) is 6.07 Å². The topological polar surface area (TPSA) is 88.9 Å². The van der Waals surface area contributed by atoms with Crippen LogP contribution in [0.4, 0.5) is 0 Å². The second-order valence-corrected chi connectivity index (χ2v) is 8.35. The van der Waals surface area contributed by atoms with Crippen molar-refractivity contribution in [1.82, 2.24) is 25.4 Å². The third-order valence-corrected chi connectivity index (χ3v) is 6.12. The van der Waals surface area contributed by atoms with E-state index in [-0.39, 0.29) is 11.8 Å². The van der Waals surface area contributed by atoms with Crippen molar-refractivity contribution in [1.29, 1.82) is 0 Å². The summed E-state index contributed by atoms with van der Waals surface area (Å²) in [7, 11) is 0. The van der Waals surface area contributed by atoms with E-state index in [1.807, 2.05) is 41.8 Å². The van der Waals surface area contributed by atoms with Gasteiger partial charge in [-0.05, 0) is 29.9 Å². The van der Waals surface area contributed by atoms with Gasteiger partial charge in [0, 0.05) is 19.4 Å². The summed E-state index contributed by atoms with van der Waals surface area (Å²) in [4.78, 5) is 26.2. The Labute approximate surface area is 179 Å². The lowest BCUT2D eigenvalue weighted by Crippen LogP contribution is -2.47. The van der Waals surface area contributed by atoms with Crippen molar-refractivity contribution in [2.75, 3.05) is 0 Å². The number of nitrogens with one attached hydrogen (secondary N) is 2. The van der Waals surface area contributed by atoms with E-state index in [0.29, 0.717) is 17.8 Å². The van der Waals surface area contributed by atoms with Crippen molar-refractivity contribution < 1.29 is 9.59 Å². The molecule has 0 aliphatic carbocycles. The molecule has 4 rings (SSSR count). The van der Waals surface area contributed by atoms with Crippen LogP contribution < -0.4 is 10.6 Å². The monoisotopic (exact) mass is 423 g/mol. The number of rotatable bonds is 7. The summed E-state index contributed by atoms with van der Waals surface area (Å²) in [6.07, 6.45) is 4.75. The average Bonchev–Trinajstić information content (AvgIpc) is 3.38. The van der Waals surface area contributed by atoms with Gasteiger partial charge in [0.15, 0.2) is 5.82 Å². The molecule has 30 heavy (non-hydrogen) atoms. The Bertz CT molecular complexity index is 984. The third kappa shape index (κ3) is 4.94. The fourth-order valence-corrected chi connectivity index (χ4v) is 4.29. The molecule has 1 aliphatic rings. The van der Waals surface area contributed by atoms with Gasteiger partial charge in [0.25, 0.3) is 5.91 Å². The highest BCUT2D eigenvalue weighted by molar-refractivity contribution is 7.12. The molecular weight excluding hydrogens is 398 g/mol. The number of carbonyl (C=O) groups excluding carboxylic acids is 2. The lowest BCUT2D eigenvalue weighted by molar-refractivity contribution is -0.123. The summed E-state index contributed by atoms with van der Waals surface area (Å²) >= 11 is 1.35. The van der Waals surface area contributed by atoms with Gasteiger partial charge in [0.05, 0.1) is 11.4 Å². The number of hydrogen-bond acceptors (Lipinski definition) is 5. The minimum Gasteiger partial charge on any atom is -0.347 e. The zero-order valence-corrected chi connectivity index (χ0v) is 17.5. The highest BCUT2D eigenvalue weighted by Crippen LogP contribution is 2.14. The lowest BCUT2D eigenvalue weighted by atomic mass is 10.1. The second kappa shape index (κ2) is 9.67. The van der Waals surface area contributed by atoms with Crippen molar-refractivity contribution in [3.05, 3.63) is 69.9 Å². The molecule has 0 bridgehead atoms. The number of aryl methyl sites for hydroxylation is 1. The predicted molar refractivity (Wildman–Crippen MR) is 115 cm³/mol. The minimum absolute atomic E-state index is 0.227. The molecule has 2 amide bonds. The zero-order valence-electron chi connectivity index (χ0n) is 16.7. The van der Waals surface area contributed by atoms with E-state index in [4.69, 9.17) is 0 Å². The molecule has 0 saturated heterocycles. The Kier molecular flexibility index (Phi) is 6.53. The Morgan fingerprint density at radius 1 is 1.07 bits per heavy atom. The van der Waals surface area contributed by atoms with Gasteiger partial charge < -0.3 is 15.2 Å². The van der Waals surface area contributed by atoms with Crippen LogP contribution in [-0.4, -0.2) is 32.6 Å². The summed E-state index contributed by atoms with van der Waals surface area (Å²) in [6.45, 7) is 1.18. The van der Waals surface area contributed by atoms with Gasteiger partial charge in [-0.2, -0.15) is 0 Å². The number of benzene rings is 1. The Morgan fingerprint density at radius 2 is 1.93 bits per heavy atom. The zero-order chi connectivity index (χ0) is 20.8. The summed E-state index contributed by atoms with van der Waals surface area (Å²) in [5.74, 6) is 1.29. The molecule has 1 unspecified atom stereocenters. The van der Waals surface area contributed by atoms with E-state index in [2.05, 4.69) is 25.4 Å². The Hall–Kier alpha value is -3.00.